The summed E-state index contributed by atoms with van der Waals surface area (Å²) in [6, 6.07) is 13.8. The first kappa shape index (κ1) is 16.8. The number of amides is 1. The van der Waals surface area contributed by atoms with Crippen molar-refractivity contribution in [2.75, 3.05) is 13.9 Å². The summed E-state index contributed by atoms with van der Waals surface area (Å²) in [5.74, 6) is 3.31. The van der Waals surface area contributed by atoms with Gasteiger partial charge in [0, 0.05) is 13.0 Å². The number of carbonyl (C=O) groups excluding carboxylic acids is 1. The Morgan fingerprint density at radius 2 is 1.92 bits per heavy atom. The highest BCUT2D eigenvalue weighted by molar-refractivity contribution is 5.77. The molecule has 0 bridgehead atoms. The molecule has 1 N–H and O–H groups in total. The summed E-state index contributed by atoms with van der Waals surface area (Å²) in [6.45, 7) is 0.756. The van der Waals surface area contributed by atoms with Crippen molar-refractivity contribution in [2.24, 2.45) is 5.92 Å². The fourth-order valence-corrected chi connectivity index (χ4v) is 3.43. The van der Waals surface area contributed by atoms with Gasteiger partial charge < -0.3 is 19.5 Å². The van der Waals surface area contributed by atoms with E-state index in [2.05, 4.69) is 17.4 Å². The molecule has 1 saturated carbocycles. The van der Waals surface area contributed by atoms with Crippen molar-refractivity contribution in [3.8, 4) is 17.2 Å². The quantitative estimate of drug-likeness (QED) is 0.826. The van der Waals surface area contributed by atoms with Crippen LogP contribution in [0, 0.1) is 5.92 Å². The number of methoxy groups -OCH3 is 1. The first-order valence-corrected chi connectivity index (χ1v) is 9.02. The highest BCUT2D eigenvalue weighted by atomic mass is 16.7. The van der Waals surface area contributed by atoms with Crippen molar-refractivity contribution in [1.82, 2.24) is 5.32 Å². The van der Waals surface area contributed by atoms with E-state index < -0.39 is 0 Å². The number of nitrogens with one attached hydrogen (secondary N) is 1. The molecule has 2 aromatic carbocycles. The predicted molar refractivity (Wildman–Crippen MR) is 97.5 cm³/mol. The van der Waals surface area contributed by atoms with Crippen molar-refractivity contribution < 1.29 is 19.0 Å². The van der Waals surface area contributed by atoms with E-state index in [1.807, 2.05) is 30.3 Å². The van der Waals surface area contributed by atoms with Crippen LogP contribution in [0.25, 0.3) is 0 Å². The van der Waals surface area contributed by atoms with Crippen LogP contribution in [0.3, 0.4) is 0 Å². The first-order valence-electron chi connectivity index (χ1n) is 9.02. The number of rotatable bonds is 7. The molecule has 5 nitrogen and oxygen atoms in total. The Kier molecular flexibility index (Phi) is 4.69. The molecule has 1 aliphatic carbocycles. The third-order valence-electron chi connectivity index (χ3n) is 5.07. The zero-order chi connectivity index (χ0) is 17.9. The maximum Gasteiger partial charge on any atom is 0.231 e. The monoisotopic (exact) mass is 353 g/mol. The van der Waals surface area contributed by atoms with Gasteiger partial charge in [-0.1, -0.05) is 18.2 Å². The van der Waals surface area contributed by atoms with Crippen LogP contribution in [0.2, 0.25) is 0 Å². The smallest absolute Gasteiger partial charge is 0.231 e. The van der Waals surface area contributed by atoms with Gasteiger partial charge in [0.15, 0.2) is 11.5 Å². The Labute approximate surface area is 153 Å². The molecule has 2 aromatic rings. The second-order valence-electron chi connectivity index (χ2n) is 6.89. The van der Waals surface area contributed by atoms with Gasteiger partial charge in [0.05, 0.1) is 7.11 Å². The van der Waals surface area contributed by atoms with Crippen molar-refractivity contribution in [3.05, 3.63) is 53.6 Å². The molecule has 0 saturated heterocycles. The lowest BCUT2D eigenvalue weighted by Gasteiger charge is -2.17. The van der Waals surface area contributed by atoms with Gasteiger partial charge in [0.25, 0.3) is 0 Å². The molecule has 26 heavy (non-hydrogen) atoms. The van der Waals surface area contributed by atoms with Crippen molar-refractivity contribution in [3.63, 3.8) is 0 Å². The molecular formula is C21H23NO4. The van der Waals surface area contributed by atoms with Gasteiger partial charge in [-0.15, -0.1) is 0 Å². The lowest BCUT2D eigenvalue weighted by atomic mass is 9.90. The Hall–Kier alpha value is -2.69. The summed E-state index contributed by atoms with van der Waals surface area (Å²) >= 11 is 0. The highest BCUT2D eigenvalue weighted by Crippen LogP contribution is 2.44. The average Bonchev–Trinajstić information content (AvgIpc) is 3.41. The summed E-state index contributed by atoms with van der Waals surface area (Å²) in [5.41, 5.74) is 2.22. The lowest BCUT2D eigenvalue weighted by Crippen LogP contribution is -2.25. The minimum atomic E-state index is 0.0791. The molecule has 1 fully saturated rings. The summed E-state index contributed by atoms with van der Waals surface area (Å²) < 4.78 is 15.9. The number of fused-ring (bicyclic) bond motifs is 1. The number of benzene rings is 2. The summed E-state index contributed by atoms with van der Waals surface area (Å²) in [7, 11) is 1.66. The van der Waals surface area contributed by atoms with Crippen LogP contribution >= 0.6 is 0 Å². The largest absolute Gasteiger partial charge is 0.497 e. The van der Waals surface area contributed by atoms with E-state index in [1.165, 1.54) is 18.4 Å². The molecule has 1 unspecified atom stereocenters. The molecule has 1 heterocycles. The SMILES string of the molecule is COc1ccc(C(CC(=O)NCc2ccc3c(c2)OCO3)C2CC2)cc1. The van der Waals surface area contributed by atoms with Gasteiger partial charge in [-0.3, -0.25) is 4.79 Å². The summed E-state index contributed by atoms with van der Waals surface area (Å²) in [4.78, 5) is 12.5. The molecule has 1 aliphatic heterocycles. The van der Waals surface area contributed by atoms with E-state index >= 15 is 0 Å². The third-order valence-corrected chi connectivity index (χ3v) is 5.07. The van der Waals surface area contributed by atoms with Crippen LogP contribution in [0.5, 0.6) is 17.2 Å². The second-order valence-corrected chi connectivity index (χ2v) is 6.89. The fourth-order valence-electron chi connectivity index (χ4n) is 3.43. The van der Waals surface area contributed by atoms with Crippen molar-refractivity contribution in [1.29, 1.82) is 0 Å². The minimum absolute atomic E-state index is 0.0791. The van der Waals surface area contributed by atoms with Gasteiger partial charge in [-0.2, -0.15) is 0 Å². The maximum absolute atomic E-state index is 12.5. The van der Waals surface area contributed by atoms with Gasteiger partial charge >= 0.3 is 0 Å². The molecule has 0 aromatic heterocycles. The van der Waals surface area contributed by atoms with Crippen LogP contribution in [0.15, 0.2) is 42.5 Å². The summed E-state index contributed by atoms with van der Waals surface area (Å²) in [5, 5.41) is 3.04. The zero-order valence-electron chi connectivity index (χ0n) is 14.9. The van der Waals surface area contributed by atoms with Crippen molar-refractivity contribution in [2.45, 2.75) is 31.7 Å². The topological polar surface area (TPSA) is 56.8 Å². The predicted octanol–water partition coefficient (Wildman–Crippen LogP) is 3.62. The van der Waals surface area contributed by atoms with Gasteiger partial charge in [0.2, 0.25) is 12.7 Å². The van der Waals surface area contributed by atoms with Crippen LogP contribution < -0.4 is 19.5 Å². The Bertz CT molecular complexity index is 783. The van der Waals surface area contributed by atoms with Crippen LogP contribution in [0.1, 0.15) is 36.3 Å². The molecule has 0 spiro atoms. The number of hydrogen-bond acceptors (Lipinski definition) is 4. The van der Waals surface area contributed by atoms with E-state index in [0.717, 1.165) is 22.8 Å². The third kappa shape index (κ3) is 3.77. The molecule has 1 atom stereocenters. The van der Waals surface area contributed by atoms with E-state index in [1.54, 1.807) is 7.11 Å². The Morgan fingerprint density at radius 3 is 2.65 bits per heavy atom. The van der Waals surface area contributed by atoms with E-state index in [9.17, 15) is 4.79 Å². The standard InChI is InChI=1S/C21H23NO4/c1-24-17-7-5-16(6-8-17)18(15-3-4-15)11-21(23)22-12-14-2-9-19-20(10-14)26-13-25-19/h2,5-10,15,18H,3-4,11-13H2,1H3,(H,22,23). The molecule has 136 valence electrons. The lowest BCUT2D eigenvalue weighted by molar-refractivity contribution is -0.121. The number of hydrogen-bond donors (Lipinski definition) is 1. The van der Waals surface area contributed by atoms with Gasteiger partial charge in [0.1, 0.15) is 5.75 Å². The summed E-state index contributed by atoms with van der Waals surface area (Å²) in [6.07, 6.45) is 2.92. The number of ether oxygens (including phenoxy) is 3. The normalized spacial score (nSPS) is 16.2. The van der Waals surface area contributed by atoms with Gasteiger partial charge in [-0.25, -0.2) is 0 Å². The van der Waals surface area contributed by atoms with Crippen LogP contribution in [-0.4, -0.2) is 19.8 Å². The Morgan fingerprint density at radius 1 is 1.15 bits per heavy atom. The molecule has 4 rings (SSSR count). The van der Waals surface area contributed by atoms with E-state index in [0.29, 0.717) is 18.9 Å². The van der Waals surface area contributed by atoms with Crippen LogP contribution in [0.4, 0.5) is 0 Å². The zero-order valence-corrected chi connectivity index (χ0v) is 14.9. The van der Waals surface area contributed by atoms with E-state index in [-0.39, 0.29) is 18.6 Å². The molecule has 5 heteroatoms. The molecule has 0 radical (unpaired) electrons. The first-order chi connectivity index (χ1) is 12.7. The minimum Gasteiger partial charge on any atom is -0.497 e. The maximum atomic E-state index is 12.5. The van der Waals surface area contributed by atoms with Crippen LogP contribution in [-0.2, 0) is 11.3 Å². The Balaban J connectivity index is 1.36. The molecule has 2 aliphatic rings. The molecule has 1 amide bonds. The van der Waals surface area contributed by atoms with Crippen molar-refractivity contribution >= 4 is 5.91 Å². The fraction of sp³-hybridized carbons (Fsp3) is 0.381. The number of carbonyl (C=O) groups is 1. The molecular weight excluding hydrogens is 330 g/mol. The average molecular weight is 353 g/mol. The highest BCUT2D eigenvalue weighted by Gasteiger charge is 2.33. The van der Waals surface area contributed by atoms with E-state index in [4.69, 9.17) is 14.2 Å². The second kappa shape index (κ2) is 7.28. The van der Waals surface area contributed by atoms with Gasteiger partial charge in [-0.05, 0) is 60.1 Å².